The van der Waals surface area contributed by atoms with Crippen molar-refractivity contribution in [2.24, 2.45) is 5.92 Å². The second kappa shape index (κ2) is 7.86. The third-order valence-electron chi connectivity index (χ3n) is 2.45. The maximum absolute atomic E-state index is 2.29. The number of hydrogen-bond acceptors (Lipinski definition) is 0. The molecule has 0 aliphatic heterocycles. The summed E-state index contributed by atoms with van der Waals surface area (Å²) in [6.07, 6.45) is 8.37. The minimum Gasteiger partial charge on any atom is -1.00 e. The van der Waals surface area contributed by atoms with Gasteiger partial charge in [0, 0.05) is 18.1 Å². The summed E-state index contributed by atoms with van der Waals surface area (Å²) in [7, 11) is 0. The highest BCUT2D eigenvalue weighted by Gasteiger charge is 2.00. The minimum absolute atomic E-state index is 0. The molecular weight excluding hydrogens is 250 g/mol. The Hall–Kier alpha value is -0.370. The summed E-state index contributed by atoms with van der Waals surface area (Å²) in [5.41, 5.74) is 1.34. The van der Waals surface area contributed by atoms with Gasteiger partial charge in [-0.3, -0.25) is 0 Å². The lowest BCUT2D eigenvalue weighted by molar-refractivity contribution is -0.697. The van der Waals surface area contributed by atoms with Crippen LogP contribution in [0.5, 0.6) is 0 Å². The fraction of sp³-hybridized carbons (Fsp3) is 0.615. The minimum atomic E-state index is 0. The van der Waals surface area contributed by atoms with Gasteiger partial charge in [-0.05, 0) is 25.3 Å². The molecule has 0 aromatic carbocycles. The summed E-state index contributed by atoms with van der Waals surface area (Å²) in [6, 6.07) is 4.27. The molecule has 0 aliphatic rings. The largest absolute Gasteiger partial charge is 1.00 e. The van der Waals surface area contributed by atoms with Crippen molar-refractivity contribution in [3.05, 3.63) is 30.1 Å². The predicted molar refractivity (Wildman–Crippen MR) is 60.1 cm³/mol. The summed E-state index contributed by atoms with van der Waals surface area (Å²) < 4.78 is 2.29. The van der Waals surface area contributed by atoms with E-state index in [2.05, 4.69) is 49.9 Å². The Morgan fingerprint density at radius 3 is 2.60 bits per heavy atom. The van der Waals surface area contributed by atoms with E-state index in [9.17, 15) is 0 Å². The van der Waals surface area contributed by atoms with Gasteiger partial charge >= 0.3 is 0 Å². The molecule has 86 valence electrons. The van der Waals surface area contributed by atoms with E-state index in [1.807, 2.05) is 0 Å². The summed E-state index contributed by atoms with van der Waals surface area (Å²) in [6.45, 7) is 7.89. The Bertz CT molecular complexity index is 271. The fourth-order valence-electron chi connectivity index (χ4n) is 1.64. The molecule has 1 aromatic rings. The first-order valence-corrected chi connectivity index (χ1v) is 5.64. The normalized spacial score (nSPS) is 10.1. The van der Waals surface area contributed by atoms with Crippen LogP contribution in [0.1, 0.15) is 38.7 Å². The molecule has 0 aliphatic carbocycles. The third-order valence-corrected chi connectivity index (χ3v) is 2.45. The quantitative estimate of drug-likeness (QED) is 0.529. The Morgan fingerprint density at radius 2 is 2.00 bits per heavy atom. The number of nitrogens with zero attached hydrogens (tertiary/aromatic N) is 1. The van der Waals surface area contributed by atoms with E-state index >= 15 is 0 Å². The number of unbranched alkanes of at least 4 members (excludes halogenated alkanes) is 1. The highest BCUT2D eigenvalue weighted by Crippen LogP contribution is 2.05. The number of pyridine rings is 1. The zero-order chi connectivity index (χ0) is 10.4. The number of hydrogen-bond donors (Lipinski definition) is 0. The van der Waals surface area contributed by atoms with Crippen LogP contribution in [-0.2, 0) is 6.54 Å². The second-order valence-corrected chi connectivity index (χ2v) is 4.51. The van der Waals surface area contributed by atoms with Crippen molar-refractivity contribution in [3.8, 4) is 0 Å². The first-order chi connectivity index (χ1) is 6.68. The van der Waals surface area contributed by atoms with Crippen molar-refractivity contribution in [2.75, 3.05) is 0 Å². The molecule has 2 heteroatoms. The van der Waals surface area contributed by atoms with Gasteiger partial charge in [-0.25, -0.2) is 4.57 Å². The van der Waals surface area contributed by atoms with Crippen molar-refractivity contribution < 1.29 is 21.5 Å². The van der Waals surface area contributed by atoms with Gasteiger partial charge in [0.1, 0.15) is 6.54 Å². The van der Waals surface area contributed by atoms with Crippen LogP contribution < -0.4 is 21.5 Å². The SMILES string of the molecule is Cc1ccc[n+](CCCCC(C)C)c1.[Br-]. The average Bonchev–Trinajstić information content (AvgIpc) is 2.12. The topological polar surface area (TPSA) is 3.88 Å². The second-order valence-electron chi connectivity index (χ2n) is 4.51. The number of halogens is 1. The zero-order valence-corrected chi connectivity index (χ0v) is 11.6. The molecule has 0 spiro atoms. The van der Waals surface area contributed by atoms with Gasteiger partial charge in [0.15, 0.2) is 12.4 Å². The van der Waals surface area contributed by atoms with Gasteiger partial charge < -0.3 is 17.0 Å². The molecule has 0 bridgehead atoms. The molecule has 0 N–H and O–H groups in total. The van der Waals surface area contributed by atoms with Crippen LogP contribution in [0.25, 0.3) is 0 Å². The molecule has 0 radical (unpaired) electrons. The summed E-state index contributed by atoms with van der Waals surface area (Å²) >= 11 is 0. The molecule has 1 nitrogen and oxygen atoms in total. The van der Waals surface area contributed by atoms with Crippen LogP contribution in [-0.4, -0.2) is 0 Å². The molecule has 15 heavy (non-hydrogen) atoms. The number of aromatic nitrogens is 1. The predicted octanol–water partition coefficient (Wildman–Crippen LogP) is 0.113. The van der Waals surface area contributed by atoms with Crippen LogP contribution in [0.4, 0.5) is 0 Å². The van der Waals surface area contributed by atoms with E-state index in [0.29, 0.717) is 0 Å². The van der Waals surface area contributed by atoms with Crippen LogP contribution in [0.3, 0.4) is 0 Å². The van der Waals surface area contributed by atoms with E-state index < -0.39 is 0 Å². The standard InChI is InChI=1S/C13H22N.BrH/c1-12(2)7-4-5-9-14-10-6-8-13(3)11-14;/h6,8,10-12H,4-5,7,9H2,1-3H3;1H/q+1;/p-1. The number of rotatable bonds is 5. The molecule has 1 rings (SSSR count). The maximum atomic E-state index is 2.29. The van der Waals surface area contributed by atoms with Gasteiger partial charge in [-0.1, -0.05) is 20.3 Å². The lowest BCUT2D eigenvalue weighted by Gasteiger charge is -2.02. The van der Waals surface area contributed by atoms with Crippen molar-refractivity contribution in [2.45, 2.75) is 46.6 Å². The Balaban J connectivity index is 0.00000196. The Morgan fingerprint density at radius 1 is 1.27 bits per heavy atom. The molecule has 0 fully saturated rings. The van der Waals surface area contributed by atoms with E-state index in [0.717, 1.165) is 12.5 Å². The molecule has 1 aromatic heterocycles. The smallest absolute Gasteiger partial charge is 0.171 e. The highest BCUT2D eigenvalue weighted by molar-refractivity contribution is 5.01. The summed E-state index contributed by atoms with van der Waals surface area (Å²) in [5.74, 6) is 0.845. The maximum Gasteiger partial charge on any atom is 0.171 e. The van der Waals surface area contributed by atoms with Crippen molar-refractivity contribution in [1.82, 2.24) is 0 Å². The Kier molecular flexibility index (Phi) is 7.67. The van der Waals surface area contributed by atoms with Gasteiger partial charge in [0.05, 0.1) is 0 Å². The lowest BCUT2D eigenvalue weighted by atomic mass is 10.1. The van der Waals surface area contributed by atoms with E-state index in [1.165, 1.54) is 24.8 Å². The lowest BCUT2D eigenvalue weighted by Crippen LogP contribution is -3.00. The molecule has 0 amide bonds. The number of aryl methyl sites for hydroxylation is 2. The zero-order valence-electron chi connectivity index (χ0n) is 10.0. The van der Waals surface area contributed by atoms with Crippen LogP contribution in [0.2, 0.25) is 0 Å². The van der Waals surface area contributed by atoms with Gasteiger partial charge in [0.2, 0.25) is 0 Å². The molecule has 0 saturated carbocycles. The van der Waals surface area contributed by atoms with E-state index in [-0.39, 0.29) is 17.0 Å². The molecule has 0 atom stereocenters. The molecule has 0 unspecified atom stereocenters. The van der Waals surface area contributed by atoms with Crippen molar-refractivity contribution in [3.63, 3.8) is 0 Å². The molecule has 1 heterocycles. The summed E-state index contributed by atoms with van der Waals surface area (Å²) in [4.78, 5) is 0. The van der Waals surface area contributed by atoms with Gasteiger partial charge in [-0.15, -0.1) is 0 Å². The monoisotopic (exact) mass is 271 g/mol. The first kappa shape index (κ1) is 14.6. The third kappa shape index (κ3) is 6.67. The van der Waals surface area contributed by atoms with Crippen LogP contribution >= 0.6 is 0 Å². The van der Waals surface area contributed by atoms with E-state index in [4.69, 9.17) is 0 Å². The van der Waals surface area contributed by atoms with Gasteiger partial charge in [-0.2, -0.15) is 0 Å². The van der Waals surface area contributed by atoms with Gasteiger partial charge in [0.25, 0.3) is 0 Å². The summed E-state index contributed by atoms with van der Waals surface area (Å²) in [5, 5.41) is 0. The average molecular weight is 272 g/mol. The van der Waals surface area contributed by atoms with Crippen LogP contribution in [0.15, 0.2) is 24.5 Å². The molecular formula is C13H22BrN. The van der Waals surface area contributed by atoms with Crippen molar-refractivity contribution >= 4 is 0 Å². The van der Waals surface area contributed by atoms with Crippen LogP contribution in [0, 0.1) is 12.8 Å². The fourth-order valence-corrected chi connectivity index (χ4v) is 1.64. The van der Waals surface area contributed by atoms with E-state index in [1.54, 1.807) is 0 Å². The highest BCUT2D eigenvalue weighted by atomic mass is 79.9. The first-order valence-electron chi connectivity index (χ1n) is 5.64. The van der Waals surface area contributed by atoms with Crippen molar-refractivity contribution in [1.29, 1.82) is 0 Å². The Labute approximate surface area is 104 Å². The molecule has 0 saturated heterocycles.